The minimum atomic E-state index is -0.134. The Bertz CT molecular complexity index is 872. The maximum absolute atomic E-state index is 12.3. The molecule has 0 radical (unpaired) electrons. The highest BCUT2D eigenvalue weighted by Crippen LogP contribution is 2.15. The van der Waals surface area contributed by atoms with Crippen molar-refractivity contribution in [3.8, 4) is 0 Å². The zero-order valence-electron chi connectivity index (χ0n) is 14.4. The van der Waals surface area contributed by atoms with Crippen LogP contribution in [0.15, 0.2) is 67.0 Å². The van der Waals surface area contributed by atoms with Gasteiger partial charge in [-0.1, -0.05) is 30.3 Å². The van der Waals surface area contributed by atoms with Crippen LogP contribution in [-0.2, 0) is 6.54 Å². The Hall–Kier alpha value is -3.14. The number of aryl methyl sites for hydroxylation is 2. The van der Waals surface area contributed by atoms with Crippen LogP contribution >= 0.6 is 0 Å². The first-order chi connectivity index (χ1) is 12.1. The lowest BCUT2D eigenvalue weighted by molar-refractivity contribution is 0.102. The van der Waals surface area contributed by atoms with E-state index >= 15 is 0 Å². The number of nitrogens with zero attached hydrogens (tertiary/aromatic N) is 1. The Labute approximate surface area is 147 Å². The molecule has 0 unspecified atom stereocenters. The molecule has 3 rings (SSSR count). The van der Waals surface area contributed by atoms with Gasteiger partial charge in [0, 0.05) is 24.0 Å². The van der Waals surface area contributed by atoms with Crippen LogP contribution in [-0.4, -0.2) is 10.9 Å². The van der Waals surface area contributed by atoms with Crippen LogP contribution in [0.4, 0.5) is 11.4 Å². The van der Waals surface area contributed by atoms with E-state index in [9.17, 15) is 4.79 Å². The van der Waals surface area contributed by atoms with Gasteiger partial charge in [0.15, 0.2) is 0 Å². The molecule has 2 N–H and O–H groups in total. The van der Waals surface area contributed by atoms with Crippen LogP contribution in [0.25, 0.3) is 0 Å². The summed E-state index contributed by atoms with van der Waals surface area (Å²) in [6, 6.07) is 17.7. The number of benzene rings is 2. The molecule has 4 nitrogen and oxygen atoms in total. The van der Waals surface area contributed by atoms with Crippen molar-refractivity contribution in [1.29, 1.82) is 0 Å². The van der Waals surface area contributed by atoms with Gasteiger partial charge < -0.3 is 10.6 Å². The first kappa shape index (κ1) is 16.7. The molecule has 0 saturated carbocycles. The van der Waals surface area contributed by atoms with E-state index in [-0.39, 0.29) is 5.91 Å². The van der Waals surface area contributed by atoms with E-state index in [4.69, 9.17) is 0 Å². The van der Waals surface area contributed by atoms with Gasteiger partial charge in [-0.3, -0.25) is 9.78 Å². The fourth-order valence-corrected chi connectivity index (χ4v) is 2.57. The number of hydrogen-bond acceptors (Lipinski definition) is 3. The molecule has 0 spiro atoms. The van der Waals surface area contributed by atoms with E-state index in [1.54, 1.807) is 12.4 Å². The molecule has 2 aromatic carbocycles. The van der Waals surface area contributed by atoms with Crippen LogP contribution in [0.3, 0.4) is 0 Å². The molecule has 0 aliphatic rings. The number of pyridine rings is 1. The summed E-state index contributed by atoms with van der Waals surface area (Å²) < 4.78 is 0. The predicted octanol–water partition coefficient (Wildman–Crippen LogP) is 4.56. The highest BCUT2D eigenvalue weighted by molar-refractivity contribution is 6.04. The van der Waals surface area contributed by atoms with E-state index in [1.165, 1.54) is 5.56 Å². The third kappa shape index (κ3) is 4.44. The highest BCUT2D eigenvalue weighted by Gasteiger charge is 2.06. The van der Waals surface area contributed by atoms with Crippen molar-refractivity contribution in [2.75, 3.05) is 10.6 Å². The molecule has 0 aliphatic carbocycles. The Balaban J connectivity index is 1.61. The summed E-state index contributed by atoms with van der Waals surface area (Å²) in [5.74, 6) is -0.134. The molecular formula is C21H21N3O. The molecule has 1 heterocycles. The quantitative estimate of drug-likeness (QED) is 0.720. The summed E-state index contributed by atoms with van der Waals surface area (Å²) in [7, 11) is 0. The van der Waals surface area contributed by atoms with E-state index in [0.717, 1.165) is 16.8 Å². The van der Waals surface area contributed by atoms with Gasteiger partial charge in [0.25, 0.3) is 5.91 Å². The van der Waals surface area contributed by atoms with Crippen molar-refractivity contribution in [2.45, 2.75) is 20.4 Å². The summed E-state index contributed by atoms with van der Waals surface area (Å²) in [5, 5.41) is 6.28. The Morgan fingerprint density at radius 3 is 2.48 bits per heavy atom. The maximum Gasteiger partial charge on any atom is 0.255 e. The van der Waals surface area contributed by atoms with Gasteiger partial charge in [0.05, 0.1) is 11.9 Å². The lowest BCUT2D eigenvalue weighted by Crippen LogP contribution is -2.12. The molecular weight excluding hydrogens is 310 g/mol. The van der Waals surface area contributed by atoms with Crippen LogP contribution in [0, 0.1) is 13.8 Å². The Kier molecular flexibility index (Phi) is 5.09. The number of carbonyl (C=O) groups is 1. The van der Waals surface area contributed by atoms with Gasteiger partial charge in [-0.2, -0.15) is 0 Å². The predicted molar refractivity (Wildman–Crippen MR) is 102 cm³/mol. The normalized spacial score (nSPS) is 10.3. The topological polar surface area (TPSA) is 54.0 Å². The van der Waals surface area contributed by atoms with E-state index in [2.05, 4.69) is 34.7 Å². The van der Waals surface area contributed by atoms with E-state index < -0.39 is 0 Å². The summed E-state index contributed by atoms with van der Waals surface area (Å²) in [5.41, 5.74) is 5.80. The van der Waals surface area contributed by atoms with Crippen LogP contribution < -0.4 is 10.6 Å². The molecule has 0 fully saturated rings. The number of amides is 1. The van der Waals surface area contributed by atoms with Gasteiger partial charge in [-0.05, 0) is 54.8 Å². The highest BCUT2D eigenvalue weighted by atomic mass is 16.1. The molecule has 25 heavy (non-hydrogen) atoms. The SMILES string of the molecule is Cc1cncc(NC(=O)c2ccc(CNc3ccccc3C)cc2)c1. The molecule has 1 amide bonds. The third-order valence-corrected chi connectivity index (χ3v) is 3.98. The largest absolute Gasteiger partial charge is 0.381 e. The summed E-state index contributed by atoms with van der Waals surface area (Å²) in [6.07, 6.45) is 3.40. The number of hydrogen-bond donors (Lipinski definition) is 2. The number of rotatable bonds is 5. The number of nitrogens with one attached hydrogen (secondary N) is 2. The number of carbonyl (C=O) groups excluding carboxylic acids is 1. The molecule has 0 atom stereocenters. The lowest BCUT2D eigenvalue weighted by atomic mass is 10.1. The molecule has 1 aromatic heterocycles. The zero-order valence-corrected chi connectivity index (χ0v) is 14.4. The van der Waals surface area contributed by atoms with Crippen LogP contribution in [0.5, 0.6) is 0 Å². The van der Waals surface area contributed by atoms with Crippen LogP contribution in [0.2, 0.25) is 0 Å². The van der Waals surface area contributed by atoms with Gasteiger partial charge in [0.1, 0.15) is 0 Å². The number of anilines is 2. The maximum atomic E-state index is 12.3. The monoisotopic (exact) mass is 331 g/mol. The minimum Gasteiger partial charge on any atom is -0.381 e. The van der Waals surface area contributed by atoms with Crippen molar-refractivity contribution < 1.29 is 4.79 Å². The van der Waals surface area contributed by atoms with Crippen molar-refractivity contribution >= 4 is 17.3 Å². The lowest BCUT2D eigenvalue weighted by Gasteiger charge is -2.10. The number of aromatic nitrogens is 1. The molecule has 0 aliphatic heterocycles. The minimum absolute atomic E-state index is 0.134. The second-order valence-electron chi connectivity index (χ2n) is 6.07. The first-order valence-corrected chi connectivity index (χ1v) is 8.23. The van der Waals surface area contributed by atoms with Gasteiger partial charge >= 0.3 is 0 Å². The molecule has 4 heteroatoms. The van der Waals surface area contributed by atoms with Crippen LogP contribution in [0.1, 0.15) is 27.0 Å². The fourth-order valence-electron chi connectivity index (χ4n) is 2.57. The molecule has 0 bridgehead atoms. The standard InChI is InChI=1S/C21H21N3O/c1-15-11-19(14-22-12-15)24-21(25)18-9-7-17(8-10-18)13-23-20-6-4-3-5-16(20)2/h3-12,14,23H,13H2,1-2H3,(H,24,25). The van der Waals surface area contributed by atoms with Crippen molar-refractivity contribution in [2.24, 2.45) is 0 Å². The van der Waals surface area contributed by atoms with Crippen molar-refractivity contribution in [3.05, 3.63) is 89.2 Å². The average Bonchev–Trinajstić information content (AvgIpc) is 2.61. The van der Waals surface area contributed by atoms with Crippen molar-refractivity contribution in [1.82, 2.24) is 4.98 Å². The van der Waals surface area contributed by atoms with Gasteiger partial charge in [-0.25, -0.2) is 0 Å². The Morgan fingerprint density at radius 1 is 1.00 bits per heavy atom. The van der Waals surface area contributed by atoms with Crippen molar-refractivity contribution in [3.63, 3.8) is 0 Å². The Morgan fingerprint density at radius 2 is 1.76 bits per heavy atom. The second kappa shape index (κ2) is 7.62. The molecule has 3 aromatic rings. The second-order valence-corrected chi connectivity index (χ2v) is 6.07. The van der Waals surface area contributed by atoms with Gasteiger partial charge in [-0.15, -0.1) is 0 Å². The summed E-state index contributed by atoms with van der Waals surface area (Å²) >= 11 is 0. The van der Waals surface area contributed by atoms with E-state index in [1.807, 2.05) is 49.4 Å². The van der Waals surface area contributed by atoms with Gasteiger partial charge in [0.2, 0.25) is 0 Å². The zero-order chi connectivity index (χ0) is 17.6. The average molecular weight is 331 g/mol. The molecule has 0 saturated heterocycles. The third-order valence-electron chi connectivity index (χ3n) is 3.98. The fraction of sp³-hybridized carbons (Fsp3) is 0.143. The first-order valence-electron chi connectivity index (χ1n) is 8.23. The summed E-state index contributed by atoms with van der Waals surface area (Å²) in [4.78, 5) is 16.4. The van der Waals surface area contributed by atoms with E-state index in [0.29, 0.717) is 17.8 Å². The smallest absolute Gasteiger partial charge is 0.255 e. The summed E-state index contributed by atoms with van der Waals surface area (Å²) in [6.45, 7) is 4.74. The molecule has 126 valence electrons. The number of para-hydroxylation sites is 1.